The zero-order valence-corrected chi connectivity index (χ0v) is 12.6. The number of amides is 1. The Morgan fingerprint density at radius 2 is 1.95 bits per heavy atom. The van der Waals surface area contributed by atoms with Crippen LogP contribution in [0, 0.1) is 0 Å². The summed E-state index contributed by atoms with van der Waals surface area (Å²) in [6.45, 7) is 4.74. The highest BCUT2D eigenvalue weighted by Crippen LogP contribution is 2.34. The van der Waals surface area contributed by atoms with Gasteiger partial charge in [0.1, 0.15) is 5.76 Å². The van der Waals surface area contributed by atoms with Gasteiger partial charge in [0, 0.05) is 49.4 Å². The highest BCUT2D eigenvalue weighted by Gasteiger charge is 2.21. The number of anilines is 1. The minimum Gasteiger partial charge on any atom is -0.464 e. The van der Waals surface area contributed by atoms with E-state index in [2.05, 4.69) is 4.90 Å². The molecule has 0 bridgehead atoms. The number of hydrogen-bond acceptors (Lipinski definition) is 3. The van der Waals surface area contributed by atoms with Crippen molar-refractivity contribution in [1.82, 2.24) is 4.90 Å². The van der Waals surface area contributed by atoms with Gasteiger partial charge in [-0.2, -0.15) is 0 Å². The van der Waals surface area contributed by atoms with Crippen LogP contribution in [0.3, 0.4) is 0 Å². The molecule has 1 saturated heterocycles. The van der Waals surface area contributed by atoms with E-state index in [1.165, 1.54) is 0 Å². The first-order valence-corrected chi connectivity index (χ1v) is 7.37. The molecule has 0 spiro atoms. The molecule has 2 heterocycles. The zero-order chi connectivity index (χ0) is 14.8. The van der Waals surface area contributed by atoms with Crippen LogP contribution in [0.4, 0.5) is 5.69 Å². The van der Waals surface area contributed by atoms with E-state index in [0.717, 1.165) is 43.2 Å². The van der Waals surface area contributed by atoms with Gasteiger partial charge in [-0.3, -0.25) is 4.79 Å². The second-order valence-electron chi connectivity index (χ2n) is 5.13. The third-order valence-corrected chi connectivity index (χ3v) is 4.05. The molecular formula is C16H17ClN2O2. The Morgan fingerprint density at radius 3 is 2.57 bits per heavy atom. The topological polar surface area (TPSA) is 36.7 Å². The maximum atomic E-state index is 11.4. The highest BCUT2D eigenvalue weighted by atomic mass is 35.5. The summed E-state index contributed by atoms with van der Waals surface area (Å²) in [6, 6.07) is 9.63. The monoisotopic (exact) mass is 304 g/mol. The van der Waals surface area contributed by atoms with Gasteiger partial charge in [0.2, 0.25) is 5.91 Å². The van der Waals surface area contributed by atoms with E-state index >= 15 is 0 Å². The lowest BCUT2D eigenvalue weighted by atomic mass is 10.1. The Labute approximate surface area is 128 Å². The lowest BCUT2D eigenvalue weighted by Gasteiger charge is -2.36. The number of carbonyl (C=O) groups excluding carboxylic acids is 1. The van der Waals surface area contributed by atoms with E-state index in [0.29, 0.717) is 5.02 Å². The molecule has 1 aromatic heterocycles. The maximum Gasteiger partial charge on any atom is 0.219 e. The highest BCUT2D eigenvalue weighted by molar-refractivity contribution is 6.31. The van der Waals surface area contributed by atoms with Gasteiger partial charge in [0.05, 0.1) is 6.26 Å². The molecule has 0 N–H and O–H groups in total. The van der Waals surface area contributed by atoms with E-state index in [9.17, 15) is 4.79 Å². The molecule has 5 heteroatoms. The average molecular weight is 305 g/mol. The van der Waals surface area contributed by atoms with Gasteiger partial charge in [0.15, 0.2) is 0 Å². The molecule has 1 amide bonds. The van der Waals surface area contributed by atoms with Crippen molar-refractivity contribution in [1.29, 1.82) is 0 Å². The number of halogens is 1. The molecule has 1 aromatic carbocycles. The van der Waals surface area contributed by atoms with Crippen LogP contribution in [-0.4, -0.2) is 37.0 Å². The van der Waals surface area contributed by atoms with Crippen LogP contribution in [0.25, 0.3) is 11.3 Å². The number of rotatable bonds is 2. The number of carbonyl (C=O) groups is 1. The smallest absolute Gasteiger partial charge is 0.219 e. The molecule has 0 unspecified atom stereocenters. The molecular weight excluding hydrogens is 288 g/mol. The summed E-state index contributed by atoms with van der Waals surface area (Å²) in [6.07, 6.45) is 1.66. The number of benzene rings is 1. The molecule has 0 saturated carbocycles. The fraction of sp³-hybridized carbons (Fsp3) is 0.312. The van der Waals surface area contributed by atoms with E-state index in [1.54, 1.807) is 13.2 Å². The van der Waals surface area contributed by atoms with Crippen LogP contribution in [0.5, 0.6) is 0 Å². The molecule has 1 aliphatic heterocycles. The van der Waals surface area contributed by atoms with Crippen molar-refractivity contribution in [3.8, 4) is 11.3 Å². The largest absolute Gasteiger partial charge is 0.464 e. The van der Waals surface area contributed by atoms with Gasteiger partial charge < -0.3 is 14.2 Å². The normalized spacial score (nSPS) is 15.3. The number of hydrogen-bond donors (Lipinski definition) is 0. The van der Waals surface area contributed by atoms with Crippen LogP contribution in [0.2, 0.25) is 5.02 Å². The molecule has 0 radical (unpaired) electrons. The van der Waals surface area contributed by atoms with Gasteiger partial charge in [-0.15, -0.1) is 0 Å². The molecule has 2 aromatic rings. The Morgan fingerprint density at radius 1 is 1.19 bits per heavy atom. The molecule has 21 heavy (non-hydrogen) atoms. The zero-order valence-electron chi connectivity index (χ0n) is 11.9. The van der Waals surface area contributed by atoms with E-state index in [-0.39, 0.29) is 5.91 Å². The number of nitrogens with zero attached hydrogens (tertiary/aromatic N) is 2. The minimum absolute atomic E-state index is 0.136. The van der Waals surface area contributed by atoms with Crippen molar-refractivity contribution >= 4 is 23.2 Å². The molecule has 110 valence electrons. The van der Waals surface area contributed by atoms with Crippen LogP contribution in [0.1, 0.15) is 6.92 Å². The maximum absolute atomic E-state index is 11.4. The lowest BCUT2D eigenvalue weighted by Crippen LogP contribution is -2.48. The number of piperazine rings is 1. The van der Waals surface area contributed by atoms with Gasteiger partial charge in [-0.1, -0.05) is 11.6 Å². The average Bonchev–Trinajstić information content (AvgIpc) is 3.01. The molecule has 1 aliphatic rings. The van der Waals surface area contributed by atoms with E-state index in [1.807, 2.05) is 35.2 Å². The van der Waals surface area contributed by atoms with Crippen molar-refractivity contribution in [2.45, 2.75) is 6.92 Å². The van der Waals surface area contributed by atoms with E-state index < -0.39 is 0 Å². The number of furan rings is 1. The summed E-state index contributed by atoms with van der Waals surface area (Å²) < 4.78 is 5.52. The summed E-state index contributed by atoms with van der Waals surface area (Å²) in [5.41, 5.74) is 2.08. The second-order valence-corrected chi connectivity index (χ2v) is 5.57. The third-order valence-electron chi connectivity index (χ3n) is 3.81. The van der Waals surface area contributed by atoms with E-state index in [4.69, 9.17) is 16.0 Å². The summed E-state index contributed by atoms with van der Waals surface area (Å²) in [4.78, 5) is 15.6. The van der Waals surface area contributed by atoms with Gasteiger partial charge in [0.25, 0.3) is 0 Å². The fourth-order valence-electron chi connectivity index (χ4n) is 2.68. The summed E-state index contributed by atoms with van der Waals surface area (Å²) >= 11 is 6.12. The Balaban J connectivity index is 1.88. The van der Waals surface area contributed by atoms with Crippen LogP contribution >= 0.6 is 11.6 Å². The first kappa shape index (κ1) is 14.0. The Hall–Kier alpha value is -1.94. The molecule has 4 nitrogen and oxygen atoms in total. The predicted molar refractivity (Wildman–Crippen MR) is 83.6 cm³/mol. The second kappa shape index (κ2) is 5.82. The summed E-state index contributed by atoms with van der Waals surface area (Å²) in [7, 11) is 0. The van der Waals surface area contributed by atoms with Crippen molar-refractivity contribution in [3.63, 3.8) is 0 Å². The fourth-order valence-corrected chi connectivity index (χ4v) is 2.85. The standard InChI is InChI=1S/C16H17ClN2O2/c1-12(20)18-6-8-19(9-7-18)15-5-4-13(17)11-14(15)16-3-2-10-21-16/h2-5,10-11H,6-9H2,1H3. The third kappa shape index (κ3) is 2.90. The van der Waals surface area contributed by atoms with Crippen molar-refractivity contribution in [3.05, 3.63) is 41.6 Å². The summed E-state index contributed by atoms with van der Waals surface area (Å²) in [5, 5.41) is 0.688. The molecule has 0 aliphatic carbocycles. The van der Waals surface area contributed by atoms with Gasteiger partial charge >= 0.3 is 0 Å². The van der Waals surface area contributed by atoms with Crippen molar-refractivity contribution in [2.75, 3.05) is 31.1 Å². The van der Waals surface area contributed by atoms with Crippen LogP contribution in [0.15, 0.2) is 41.0 Å². The van der Waals surface area contributed by atoms with Crippen LogP contribution < -0.4 is 4.90 Å². The summed E-state index contributed by atoms with van der Waals surface area (Å²) in [5.74, 6) is 0.943. The van der Waals surface area contributed by atoms with Gasteiger partial charge in [-0.05, 0) is 30.3 Å². The molecule has 1 fully saturated rings. The van der Waals surface area contributed by atoms with Gasteiger partial charge in [-0.25, -0.2) is 0 Å². The molecule has 3 rings (SSSR count). The minimum atomic E-state index is 0.136. The first-order valence-electron chi connectivity index (χ1n) is 6.99. The predicted octanol–water partition coefficient (Wildman–Crippen LogP) is 3.27. The van der Waals surface area contributed by atoms with Crippen molar-refractivity contribution < 1.29 is 9.21 Å². The Bertz CT molecular complexity index is 632. The Kier molecular flexibility index (Phi) is 3.88. The molecule has 0 atom stereocenters. The van der Waals surface area contributed by atoms with Crippen LogP contribution in [-0.2, 0) is 4.79 Å². The first-order chi connectivity index (χ1) is 10.1. The van der Waals surface area contributed by atoms with Crippen molar-refractivity contribution in [2.24, 2.45) is 0 Å². The lowest BCUT2D eigenvalue weighted by molar-refractivity contribution is -0.129. The SMILES string of the molecule is CC(=O)N1CCN(c2ccc(Cl)cc2-c2ccco2)CC1. The quantitative estimate of drug-likeness (QED) is 0.854.